The number of hydrogen-bond acceptors (Lipinski definition) is 4. The summed E-state index contributed by atoms with van der Waals surface area (Å²) in [6, 6.07) is 1.83. The van der Waals surface area contributed by atoms with E-state index in [4.69, 9.17) is 0 Å². The van der Waals surface area contributed by atoms with Crippen LogP contribution >= 0.6 is 11.3 Å². The third kappa shape index (κ3) is 3.81. The van der Waals surface area contributed by atoms with Gasteiger partial charge in [-0.05, 0) is 44.7 Å². The second-order valence-corrected chi connectivity index (χ2v) is 8.89. The first kappa shape index (κ1) is 15.9. The summed E-state index contributed by atoms with van der Waals surface area (Å²) < 4.78 is 26.7. The molecule has 0 unspecified atom stereocenters. The third-order valence-electron chi connectivity index (χ3n) is 3.55. The standard InChI is InChI=1S/C14H24N2O2S2/c1-4-7-15-9-13-8-14(11(2)19-13)20(17,18)16(3)10-12-5-6-12/h8,12,15H,4-7,9-10H2,1-3H3. The first-order valence-electron chi connectivity index (χ1n) is 7.21. The van der Waals surface area contributed by atoms with E-state index in [1.54, 1.807) is 18.4 Å². The molecule has 4 nitrogen and oxygen atoms in total. The molecular formula is C14H24N2O2S2. The summed E-state index contributed by atoms with van der Waals surface area (Å²) >= 11 is 1.58. The van der Waals surface area contributed by atoms with Gasteiger partial charge in [-0.15, -0.1) is 11.3 Å². The maximum Gasteiger partial charge on any atom is 0.243 e. The molecule has 0 atom stereocenters. The Morgan fingerprint density at radius 3 is 2.75 bits per heavy atom. The van der Waals surface area contributed by atoms with Gasteiger partial charge in [-0.25, -0.2) is 12.7 Å². The van der Waals surface area contributed by atoms with Crippen molar-refractivity contribution in [2.24, 2.45) is 5.92 Å². The van der Waals surface area contributed by atoms with E-state index >= 15 is 0 Å². The van der Waals surface area contributed by atoms with Gasteiger partial charge in [-0.1, -0.05) is 6.92 Å². The van der Waals surface area contributed by atoms with Crippen molar-refractivity contribution < 1.29 is 8.42 Å². The molecule has 1 heterocycles. The smallest absolute Gasteiger partial charge is 0.243 e. The lowest BCUT2D eigenvalue weighted by Gasteiger charge is -2.16. The number of sulfonamides is 1. The zero-order valence-corrected chi connectivity index (χ0v) is 14.1. The lowest BCUT2D eigenvalue weighted by atomic mass is 10.4. The fourth-order valence-corrected chi connectivity index (χ4v) is 5.00. The Morgan fingerprint density at radius 1 is 1.45 bits per heavy atom. The van der Waals surface area contributed by atoms with Gasteiger partial charge in [-0.3, -0.25) is 0 Å². The van der Waals surface area contributed by atoms with E-state index in [2.05, 4.69) is 12.2 Å². The van der Waals surface area contributed by atoms with E-state index in [1.165, 1.54) is 4.31 Å². The van der Waals surface area contributed by atoms with Crippen molar-refractivity contribution in [3.05, 3.63) is 15.8 Å². The van der Waals surface area contributed by atoms with Crippen molar-refractivity contribution in [2.45, 2.75) is 44.6 Å². The van der Waals surface area contributed by atoms with Crippen LogP contribution in [0, 0.1) is 12.8 Å². The Labute approximate surface area is 126 Å². The van der Waals surface area contributed by atoms with E-state index in [0.717, 1.165) is 42.1 Å². The monoisotopic (exact) mass is 316 g/mol. The molecule has 1 aromatic rings. The third-order valence-corrected chi connectivity index (χ3v) is 6.68. The minimum Gasteiger partial charge on any atom is -0.312 e. The van der Waals surface area contributed by atoms with Crippen molar-refractivity contribution in [1.82, 2.24) is 9.62 Å². The highest BCUT2D eigenvalue weighted by Crippen LogP contribution is 2.33. The van der Waals surface area contributed by atoms with Gasteiger partial charge >= 0.3 is 0 Å². The molecule has 0 saturated heterocycles. The topological polar surface area (TPSA) is 49.4 Å². The molecule has 1 saturated carbocycles. The minimum atomic E-state index is -3.32. The average molecular weight is 316 g/mol. The van der Waals surface area contributed by atoms with Gasteiger partial charge in [0.15, 0.2) is 0 Å². The molecule has 2 rings (SSSR count). The van der Waals surface area contributed by atoms with Crippen LogP contribution in [-0.2, 0) is 16.6 Å². The zero-order valence-electron chi connectivity index (χ0n) is 12.5. The van der Waals surface area contributed by atoms with Gasteiger partial charge in [0.1, 0.15) is 0 Å². The molecule has 0 spiro atoms. The van der Waals surface area contributed by atoms with Crippen LogP contribution in [0.3, 0.4) is 0 Å². The van der Waals surface area contributed by atoms with Crippen LogP contribution in [-0.4, -0.2) is 32.9 Å². The molecule has 0 aliphatic heterocycles. The summed E-state index contributed by atoms with van der Waals surface area (Å²) in [6.45, 7) is 6.38. The van der Waals surface area contributed by atoms with Gasteiger partial charge in [0.05, 0.1) is 4.90 Å². The summed E-state index contributed by atoms with van der Waals surface area (Å²) in [5.74, 6) is 0.569. The van der Waals surface area contributed by atoms with Gasteiger partial charge in [0.2, 0.25) is 10.0 Å². The van der Waals surface area contributed by atoms with Crippen molar-refractivity contribution >= 4 is 21.4 Å². The minimum absolute atomic E-state index is 0.485. The molecule has 20 heavy (non-hydrogen) atoms. The number of rotatable bonds is 8. The number of hydrogen-bond donors (Lipinski definition) is 1. The molecule has 114 valence electrons. The Kier molecular flexibility index (Phi) is 5.23. The molecular weight excluding hydrogens is 292 g/mol. The van der Waals surface area contributed by atoms with Crippen LogP contribution in [0.15, 0.2) is 11.0 Å². The summed E-state index contributed by atoms with van der Waals surface area (Å²) in [5.41, 5.74) is 0. The molecule has 1 fully saturated rings. The van der Waals surface area contributed by atoms with E-state index in [1.807, 2.05) is 13.0 Å². The van der Waals surface area contributed by atoms with Gasteiger partial charge < -0.3 is 5.32 Å². The molecule has 1 aliphatic carbocycles. The van der Waals surface area contributed by atoms with Crippen molar-refractivity contribution in [1.29, 1.82) is 0 Å². The maximum absolute atomic E-state index is 12.6. The average Bonchev–Trinajstić information content (AvgIpc) is 3.11. The molecule has 0 bridgehead atoms. The molecule has 0 aromatic carbocycles. The maximum atomic E-state index is 12.6. The van der Waals surface area contributed by atoms with Gasteiger partial charge in [0, 0.05) is 29.9 Å². The first-order chi connectivity index (χ1) is 9.45. The Bertz CT molecular complexity index is 548. The van der Waals surface area contributed by atoms with Crippen LogP contribution in [0.2, 0.25) is 0 Å². The number of thiophene rings is 1. The van der Waals surface area contributed by atoms with E-state index in [0.29, 0.717) is 17.4 Å². The largest absolute Gasteiger partial charge is 0.312 e. The normalized spacial score (nSPS) is 16.0. The second kappa shape index (κ2) is 6.56. The van der Waals surface area contributed by atoms with E-state index in [9.17, 15) is 8.42 Å². The Morgan fingerprint density at radius 2 is 2.15 bits per heavy atom. The summed E-state index contributed by atoms with van der Waals surface area (Å²) in [4.78, 5) is 2.47. The molecule has 1 N–H and O–H groups in total. The van der Waals surface area contributed by atoms with Crippen molar-refractivity contribution in [3.63, 3.8) is 0 Å². The Hall–Kier alpha value is -0.430. The predicted molar refractivity (Wildman–Crippen MR) is 83.6 cm³/mol. The SMILES string of the molecule is CCCNCc1cc(S(=O)(=O)N(C)CC2CC2)c(C)s1. The number of aryl methyl sites for hydroxylation is 1. The highest BCUT2D eigenvalue weighted by Gasteiger charge is 2.30. The Balaban J connectivity index is 2.09. The van der Waals surface area contributed by atoms with Crippen LogP contribution in [0.4, 0.5) is 0 Å². The molecule has 1 aromatic heterocycles. The van der Waals surface area contributed by atoms with Crippen LogP contribution < -0.4 is 5.32 Å². The van der Waals surface area contributed by atoms with E-state index < -0.39 is 10.0 Å². The number of nitrogens with zero attached hydrogens (tertiary/aromatic N) is 1. The second-order valence-electron chi connectivity index (χ2n) is 5.54. The molecule has 1 aliphatic rings. The van der Waals surface area contributed by atoms with E-state index in [-0.39, 0.29) is 0 Å². The quantitative estimate of drug-likeness (QED) is 0.750. The first-order valence-corrected chi connectivity index (χ1v) is 9.47. The van der Waals surface area contributed by atoms with Crippen LogP contribution in [0.1, 0.15) is 35.9 Å². The van der Waals surface area contributed by atoms with Crippen molar-refractivity contribution in [2.75, 3.05) is 20.1 Å². The van der Waals surface area contributed by atoms with Gasteiger partial charge in [-0.2, -0.15) is 0 Å². The fraction of sp³-hybridized carbons (Fsp3) is 0.714. The summed E-state index contributed by atoms with van der Waals surface area (Å²) in [5, 5.41) is 3.32. The highest BCUT2D eigenvalue weighted by molar-refractivity contribution is 7.89. The number of nitrogens with one attached hydrogen (secondary N) is 1. The predicted octanol–water partition coefficient (Wildman–Crippen LogP) is 2.59. The zero-order chi connectivity index (χ0) is 14.8. The van der Waals surface area contributed by atoms with Gasteiger partial charge in [0.25, 0.3) is 0 Å². The van der Waals surface area contributed by atoms with Crippen molar-refractivity contribution in [3.8, 4) is 0 Å². The molecule has 0 radical (unpaired) electrons. The van der Waals surface area contributed by atoms with Crippen LogP contribution in [0.25, 0.3) is 0 Å². The highest BCUT2D eigenvalue weighted by atomic mass is 32.2. The van der Waals surface area contributed by atoms with Crippen LogP contribution in [0.5, 0.6) is 0 Å². The summed E-state index contributed by atoms with van der Waals surface area (Å²) in [7, 11) is -1.62. The fourth-order valence-electron chi connectivity index (χ4n) is 2.19. The lowest BCUT2D eigenvalue weighted by Crippen LogP contribution is -2.29. The summed E-state index contributed by atoms with van der Waals surface area (Å²) in [6.07, 6.45) is 3.41. The molecule has 6 heteroatoms. The molecule has 0 amide bonds. The lowest BCUT2D eigenvalue weighted by molar-refractivity contribution is 0.452.